The van der Waals surface area contributed by atoms with E-state index in [4.69, 9.17) is 11.6 Å². The predicted octanol–water partition coefficient (Wildman–Crippen LogP) is 1.83. The third kappa shape index (κ3) is 5.14. The van der Waals surface area contributed by atoms with Gasteiger partial charge in [0, 0.05) is 24.5 Å². The van der Waals surface area contributed by atoms with Crippen molar-refractivity contribution in [3.05, 3.63) is 17.0 Å². The van der Waals surface area contributed by atoms with E-state index in [9.17, 15) is 8.42 Å². The fourth-order valence-corrected chi connectivity index (χ4v) is 3.36. The molecule has 0 amide bonds. The molecule has 1 aromatic rings. The number of sulfone groups is 1. The van der Waals surface area contributed by atoms with Gasteiger partial charge in [-0.1, -0.05) is 18.5 Å². The molecule has 0 saturated heterocycles. The number of hydrogen-bond donors (Lipinski definition) is 0. The van der Waals surface area contributed by atoms with Gasteiger partial charge in [0.25, 0.3) is 0 Å². The SMILES string of the molecule is CCc1nc(Cl)cc(SCCS(C)(=O)=O)n1. The molecule has 0 unspecified atom stereocenters. The van der Waals surface area contributed by atoms with Gasteiger partial charge in [0.1, 0.15) is 25.8 Å². The Hall–Kier alpha value is -0.330. The maximum Gasteiger partial charge on any atom is 0.148 e. The topological polar surface area (TPSA) is 59.9 Å². The van der Waals surface area contributed by atoms with Crippen LogP contribution in [0.2, 0.25) is 5.15 Å². The number of aromatic nitrogens is 2. The number of halogens is 1. The molecule has 16 heavy (non-hydrogen) atoms. The zero-order chi connectivity index (χ0) is 12.2. The summed E-state index contributed by atoms with van der Waals surface area (Å²) in [6.45, 7) is 1.94. The Labute approximate surface area is 105 Å². The molecule has 0 spiro atoms. The van der Waals surface area contributed by atoms with E-state index in [1.807, 2.05) is 6.92 Å². The van der Waals surface area contributed by atoms with E-state index in [1.54, 1.807) is 6.07 Å². The molecule has 0 fully saturated rings. The Morgan fingerprint density at radius 2 is 2.12 bits per heavy atom. The smallest absolute Gasteiger partial charge is 0.148 e. The van der Waals surface area contributed by atoms with E-state index in [0.29, 0.717) is 23.2 Å². The highest BCUT2D eigenvalue weighted by Gasteiger charge is 2.05. The van der Waals surface area contributed by atoms with Gasteiger partial charge in [-0.05, 0) is 0 Å². The second-order valence-corrected chi connectivity index (χ2v) is 7.04. The van der Waals surface area contributed by atoms with Gasteiger partial charge in [0.15, 0.2) is 0 Å². The van der Waals surface area contributed by atoms with E-state index in [1.165, 1.54) is 18.0 Å². The van der Waals surface area contributed by atoms with Gasteiger partial charge in [0.2, 0.25) is 0 Å². The van der Waals surface area contributed by atoms with Crippen LogP contribution in [0.5, 0.6) is 0 Å². The van der Waals surface area contributed by atoms with Crippen molar-refractivity contribution in [2.75, 3.05) is 17.8 Å². The standard InChI is InChI=1S/C9H13ClN2O2S2/c1-3-8-11-7(10)6-9(12-8)15-4-5-16(2,13)14/h6H,3-5H2,1-2H3. The number of thioether (sulfide) groups is 1. The molecular formula is C9H13ClN2O2S2. The van der Waals surface area contributed by atoms with Gasteiger partial charge in [-0.2, -0.15) is 0 Å². The van der Waals surface area contributed by atoms with Gasteiger partial charge >= 0.3 is 0 Å². The van der Waals surface area contributed by atoms with Crippen molar-refractivity contribution < 1.29 is 8.42 Å². The number of aryl methyl sites for hydroxylation is 1. The number of nitrogens with zero attached hydrogens (tertiary/aromatic N) is 2. The zero-order valence-corrected chi connectivity index (χ0v) is 11.5. The fourth-order valence-electron chi connectivity index (χ4n) is 0.972. The molecule has 0 aromatic carbocycles. The Balaban J connectivity index is 2.63. The van der Waals surface area contributed by atoms with Crippen LogP contribution in [0.15, 0.2) is 11.1 Å². The Bertz CT molecular complexity index is 463. The lowest BCUT2D eigenvalue weighted by molar-refractivity contribution is 0.603. The van der Waals surface area contributed by atoms with Gasteiger partial charge < -0.3 is 0 Å². The molecule has 0 saturated carbocycles. The van der Waals surface area contributed by atoms with E-state index in [2.05, 4.69) is 9.97 Å². The van der Waals surface area contributed by atoms with Gasteiger partial charge in [0.05, 0.1) is 5.75 Å². The van der Waals surface area contributed by atoms with E-state index in [0.717, 1.165) is 5.03 Å². The minimum atomic E-state index is -2.92. The summed E-state index contributed by atoms with van der Waals surface area (Å²) < 4.78 is 21.9. The highest BCUT2D eigenvalue weighted by Crippen LogP contribution is 2.19. The normalized spacial score (nSPS) is 11.7. The van der Waals surface area contributed by atoms with Gasteiger partial charge in [-0.25, -0.2) is 18.4 Å². The largest absolute Gasteiger partial charge is 0.229 e. The monoisotopic (exact) mass is 280 g/mol. The Morgan fingerprint density at radius 3 is 2.69 bits per heavy atom. The summed E-state index contributed by atoms with van der Waals surface area (Å²) in [6.07, 6.45) is 1.93. The highest BCUT2D eigenvalue weighted by molar-refractivity contribution is 8.00. The summed E-state index contributed by atoms with van der Waals surface area (Å²) >= 11 is 7.19. The van der Waals surface area contributed by atoms with Crippen molar-refractivity contribution in [3.8, 4) is 0 Å². The van der Waals surface area contributed by atoms with Gasteiger partial charge in [-0.3, -0.25) is 0 Å². The van der Waals surface area contributed by atoms with Crippen LogP contribution >= 0.6 is 23.4 Å². The Morgan fingerprint density at radius 1 is 1.44 bits per heavy atom. The molecular weight excluding hydrogens is 268 g/mol. The summed E-state index contributed by atoms with van der Waals surface area (Å²) in [5.41, 5.74) is 0. The van der Waals surface area contributed by atoms with Crippen molar-refractivity contribution >= 4 is 33.2 Å². The van der Waals surface area contributed by atoms with Crippen molar-refractivity contribution in [2.24, 2.45) is 0 Å². The molecule has 0 atom stereocenters. The minimum Gasteiger partial charge on any atom is -0.229 e. The first-order valence-electron chi connectivity index (χ1n) is 4.74. The molecule has 0 N–H and O–H groups in total. The molecule has 0 aliphatic heterocycles. The average Bonchev–Trinajstić information content (AvgIpc) is 2.14. The number of hydrogen-bond acceptors (Lipinski definition) is 5. The first kappa shape index (κ1) is 13.7. The van der Waals surface area contributed by atoms with Crippen molar-refractivity contribution in [3.63, 3.8) is 0 Å². The second kappa shape index (κ2) is 5.84. The van der Waals surface area contributed by atoms with Crippen LogP contribution in [0.3, 0.4) is 0 Å². The lowest BCUT2D eigenvalue weighted by Crippen LogP contribution is -2.05. The van der Waals surface area contributed by atoms with Crippen molar-refractivity contribution in [1.29, 1.82) is 0 Å². The van der Waals surface area contributed by atoms with E-state index >= 15 is 0 Å². The van der Waals surface area contributed by atoms with Crippen LogP contribution in [0, 0.1) is 0 Å². The van der Waals surface area contributed by atoms with Crippen LogP contribution < -0.4 is 0 Å². The molecule has 0 aliphatic rings. The molecule has 0 bridgehead atoms. The predicted molar refractivity (Wildman–Crippen MR) is 66.9 cm³/mol. The van der Waals surface area contributed by atoms with Crippen LogP contribution in [0.1, 0.15) is 12.7 Å². The van der Waals surface area contributed by atoms with Crippen molar-refractivity contribution in [1.82, 2.24) is 9.97 Å². The summed E-state index contributed by atoms with van der Waals surface area (Å²) in [5, 5.41) is 1.12. The molecule has 1 aromatic heterocycles. The molecule has 90 valence electrons. The molecule has 7 heteroatoms. The average molecular weight is 281 g/mol. The quantitative estimate of drug-likeness (QED) is 0.608. The highest BCUT2D eigenvalue weighted by atomic mass is 35.5. The summed E-state index contributed by atoms with van der Waals surface area (Å²) in [5.74, 6) is 1.30. The first-order chi connectivity index (χ1) is 7.40. The molecule has 1 rings (SSSR count). The third-order valence-corrected chi connectivity index (χ3v) is 4.05. The van der Waals surface area contributed by atoms with Crippen LogP contribution in [-0.4, -0.2) is 36.1 Å². The van der Waals surface area contributed by atoms with Crippen LogP contribution in [-0.2, 0) is 16.3 Å². The summed E-state index contributed by atoms with van der Waals surface area (Å²) in [4.78, 5) is 8.28. The summed E-state index contributed by atoms with van der Waals surface area (Å²) in [7, 11) is -2.92. The van der Waals surface area contributed by atoms with Crippen LogP contribution in [0.4, 0.5) is 0 Å². The zero-order valence-electron chi connectivity index (χ0n) is 9.10. The first-order valence-corrected chi connectivity index (χ1v) is 8.17. The Kier molecular flexibility index (Phi) is 5.01. The molecule has 4 nitrogen and oxygen atoms in total. The fraction of sp³-hybridized carbons (Fsp3) is 0.556. The lowest BCUT2D eigenvalue weighted by Gasteiger charge is -2.02. The number of rotatable bonds is 5. The molecule has 0 radical (unpaired) electrons. The van der Waals surface area contributed by atoms with Crippen molar-refractivity contribution in [2.45, 2.75) is 18.4 Å². The van der Waals surface area contributed by atoms with Crippen LogP contribution in [0.25, 0.3) is 0 Å². The maximum atomic E-state index is 10.9. The van der Waals surface area contributed by atoms with Gasteiger partial charge in [-0.15, -0.1) is 11.8 Å². The van der Waals surface area contributed by atoms with E-state index in [-0.39, 0.29) is 5.75 Å². The third-order valence-electron chi connectivity index (χ3n) is 1.74. The second-order valence-electron chi connectivity index (χ2n) is 3.28. The minimum absolute atomic E-state index is 0.140. The molecule has 0 aliphatic carbocycles. The summed E-state index contributed by atoms with van der Waals surface area (Å²) in [6, 6.07) is 1.65. The maximum absolute atomic E-state index is 10.9. The molecule has 1 heterocycles. The van der Waals surface area contributed by atoms with E-state index < -0.39 is 9.84 Å². The lowest BCUT2D eigenvalue weighted by atomic mass is 10.4.